The van der Waals surface area contributed by atoms with E-state index in [1.54, 1.807) is 24.4 Å². The minimum atomic E-state index is -0.798. The van der Waals surface area contributed by atoms with Crippen LogP contribution in [-0.2, 0) is 10.2 Å². The molecule has 1 heterocycles. The highest BCUT2D eigenvalue weighted by atomic mass is 16.4. The Labute approximate surface area is 97.5 Å². The summed E-state index contributed by atoms with van der Waals surface area (Å²) in [5.74, 6) is -0.709. The summed E-state index contributed by atoms with van der Waals surface area (Å²) in [6, 6.07) is 6.78. The summed E-state index contributed by atoms with van der Waals surface area (Å²) in [5.41, 5.74) is 0.457. The molecule has 86 valence electrons. The SMILES string of the molecule is O=C(O)C1(c2ccc(O)c3ncccc23)CC1. The number of rotatable bonds is 2. The molecular weight excluding hydrogens is 218 g/mol. The number of carbonyl (C=O) groups is 1. The first-order valence-corrected chi connectivity index (χ1v) is 5.46. The van der Waals surface area contributed by atoms with Gasteiger partial charge in [0.15, 0.2) is 0 Å². The van der Waals surface area contributed by atoms with E-state index >= 15 is 0 Å². The van der Waals surface area contributed by atoms with Gasteiger partial charge in [-0.3, -0.25) is 9.78 Å². The van der Waals surface area contributed by atoms with Crippen LogP contribution in [0.2, 0.25) is 0 Å². The van der Waals surface area contributed by atoms with Crippen LogP contribution < -0.4 is 0 Å². The van der Waals surface area contributed by atoms with Gasteiger partial charge < -0.3 is 10.2 Å². The van der Waals surface area contributed by atoms with Gasteiger partial charge in [0.2, 0.25) is 0 Å². The van der Waals surface area contributed by atoms with Crippen LogP contribution in [0.25, 0.3) is 10.9 Å². The average molecular weight is 229 g/mol. The number of aliphatic carboxylic acids is 1. The number of benzene rings is 1. The summed E-state index contributed by atoms with van der Waals surface area (Å²) in [5, 5.41) is 19.7. The van der Waals surface area contributed by atoms with Crippen LogP contribution in [0.4, 0.5) is 0 Å². The van der Waals surface area contributed by atoms with Crippen molar-refractivity contribution in [2.24, 2.45) is 0 Å². The summed E-state index contributed by atoms with van der Waals surface area (Å²) in [7, 11) is 0. The predicted molar refractivity (Wildman–Crippen MR) is 62.0 cm³/mol. The highest BCUT2D eigenvalue weighted by molar-refractivity contribution is 5.95. The maximum absolute atomic E-state index is 11.3. The fourth-order valence-corrected chi connectivity index (χ4v) is 2.30. The first kappa shape index (κ1) is 10.1. The number of phenols is 1. The van der Waals surface area contributed by atoms with Crippen molar-refractivity contribution >= 4 is 16.9 Å². The van der Waals surface area contributed by atoms with Gasteiger partial charge in [-0.05, 0) is 30.5 Å². The van der Waals surface area contributed by atoms with Crippen molar-refractivity contribution in [3.05, 3.63) is 36.0 Å². The van der Waals surface area contributed by atoms with Gasteiger partial charge in [0, 0.05) is 11.6 Å². The molecule has 3 rings (SSSR count). The van der Waals surface area contributed by atoms with E-state index in [1.165, 1.54) is 6.07 Å². The Bertz CT molecular complexity index is 617. The van der Waals surface area contributed by atoms with Gasteiger partial charge in [0.05, 0.1) is 5.41 Å². The summed E-state index contributed by atoms with van der Waals surface area (Å²) in [4.78, 5) is 15.4. The van der Waals surface area contributed by atoms with Crippen LogP contribution in [0, 0.1) is 0 Å². The predicted octanol–water partition coefficient (Wildman–Crippen LogP) is 2.06. The van der Waals surface area contributed by atoms with E-state index in [9.17, 15) is 15.0 Å². The molecular formula is C13H11NO3. The molecule has 1 aliphatic rings. The van der Waals surface area contributed by atoms with E-state index in [0.717, 1.165) is 10.9 Å². The van der Waals surface area contributed by atoms with Gasteiger partial charge in [0.25, 0.3) is 0 Å². The Morgan fingerprint density at radius 2 is 2.06 bits per heavy atom. The van der Waals surface area contributed by atoms with Crippen molar-refractivity contribution < 1.29 is 15.0 Å². The van der Waals surface area contributed by atoms with Gasteiger partial charge in [-0.2, -0.15) is 0 Å². The molecule has 2 N–H and O–H groups in total. The second-order valence-electron chi connectivity index (χ2n) is 4.42. The van der Waals surface area contributed by atoms with Gasteiger partial charge >= 0.3 is 5.97 Å². The summed E-state index contributed by atoms with van der Waals surface area (Å²) < 4.78 is 0. The van der Waals surface area contributed by atoms with Gasteiger partial charge in [0.1, 0.15) is 11.3 Å². The molecule has 0 bridgehead atoms. The minimum Gasteiger partial charge on any atom is -0.506 e. The molecule has 1 aliphatic carbocycles. The van der Waals surface area contributed by atoms with E-state index in [1.807, 2.05) is 0 Å². The number of hydrogen-bond acceptors (Lipinski definition) is 3. The van der Waals surface area contributed by atoms with E-state index < -0.39 is 11.4 Å². The van der Waals surface area contributed by atoms with Crippen LogP contribution in [0.1, 0.15) is 18.4 Å². The highest BCUT2D eigenvalue weighted by Crippen LogP contribution is 2.51. The lowest BCUT2D eigenvalue weighted by molar-refractivity contribution is -0.140. The second-order valence-corrected chi connectivity index (χ2v) is 4.42. The highest BCUT2D eigenvalue weighted by Gasteiger charge is 2.52. The van der Waals surface area contributed by atoms with Gasteiger partial charge in [-0.15, -0.1) is 0 Å². The van der Waals surface area contributed by atoms with Crippen molar-refractivity contribution in [2.45, 2.75) is 18.3 Å². The first-order valence-electron chi connectivity index (χ1n) is 5.46. The Morgan fingerprint density at radius 3 is 2.71 bits per heavy atom. The normalized spacial score (nSPS) is 16.9. The molecule has 1 aromatic heterocycles. The second kappa shape index (κ2) is 3.20. The standard InChI is InChI=1S/C13H11NO3/c15-10-4-3-9(13(5-6-13)12(16)17)8-2-1-7-14-11(8)10/h1-4,7,15H,5-6H2,(H,16,17). The number of carboxylic acid groups (broad SMARTS) is 1. The Hall–Kier alpha value is -2.10. The smallest absolute Gasteiger partial charge is 0.314 e. The van der Waals surface area contributed by atoms with Crippen molar-refractivity contribution in [2.75, 3.05) is 0 Å². The molecule has 0 atom stereocenters. The van der Waals surface area contributed by atoms with E-state index in [0.29, 0.717) is 18.4 Å². The van der Waals surface area contributed by atoms with Crippen LogP contribution in [0.5, 0.6) is 5.75 Å². The van der Waals surface area contributed by atoms with Crippen LogP contribution in [0.15, 0.2) is 30.5 Å². The molecule has 17 heavy (non-hydrogen) atoms. The molecule has 4 heteroatoms. The Kier molecular flexibility index (Phi) is 1.90. The first-order chi connectivity index (χ1) is 8.15. The van der Waals surface area contributed by atoms with Crippen LogP contribution in [0.3, 0.4) is 0 Å². The number of pyridine rings is 1. The topological polar surface area (TPSA) is 70.4 Å². The minimum absolute atomic E-state index is 0.0885. The maximum Gasteiger partial charge on any atom is 0.314 e. The lowest BCUT2D eigenvalue weighted by atomic mass is 9.92. The third kappa shape index (κ3) is 1.30. The third-order valence-corrected chi connectivity index (χ3v) is 3.42. The molecule has 0 saturated heterocycles. The Balaban J connectivity index is 2.32. The number of nitrogens with zero attached hydrogens (tertiary/aromatic N) is 1. The van der Waals surface area contributed by atoms with Crippen molar-refractivity contribution in [1.82, 2.24) is 4.98 Å². The molecule has 2 aromatic rings. The van der Waals surface area contributed by atoms with Crippen LogP contribution >= 0.6 is 0 Å². The summed E-state index contributed by atoms with van der Waals surface area (Å²) in [6.45, 7) is 0. The molecule has 1 saturated carbocycles. The molecule has 4 nitrogen and oxygen atoms in total. The number of aromatic hydroxyl groups is 1. The number of phenolic OH excluding ortho intramolecular Hbond substituents is 1. The third-order valence-electron chi connectivity index (χ3n) is 3.42. The number of aromatic nitrogens is 1. The molecule has 0 aliphatic heterocycles. The maximum atomic E-state index is 11.3. The van der Waals surface area contributed by atoms with Crippen molar-refractivity contribution in [3.8, 4) is 5.75 Å². The zero-order valence-electron chi connectivity index (χ0n) is 9.05. The fourth-order valence-electron chi connectivity index (χ4n) is 2.30. The molecule has 1 fully saturated rings. The van der Waals surface area contributed by atoms with E-state index in [-0.39, 0.29) is 5.75 Å². The lowest BCUT2D eigenvalue weighted by Gasteiger charge is -2.13. The molecule has 0 radical (unpaired) electrons. The molecule has 0 amide bonds. The monoisotopic (exact) mass is 229 g/mol. The van der Waals surface area contributed by atoms with Crippen molar-refractivity contribution in [1.29, 1.82) is 0 Å². The van der Waals surface area contributed by atoms with Gasteiger partial charge in [-0.1, -0.05) is 12.1 Å². The molecule has 0 spiro atoms. The summed E-state index contributed by atoms with van der Waals surface area (Å²) in [6.07, 6.45) is 2.89. The van der Waals surface area contributed by atoms with E-state index in [4.69, 9.17) is 0 Å². The molecule has 0 unspecified atom stereocenters. The quantitative estimate of drug-likeness (QED) is 0.826. The average Bonchev–Trinajstić information content (AvgIpc) is 3.11. The largest absolute Gasteiger partial charge is 0.506 e. The number of carboxylic acids is 1. The van der Waals surface area contributed by atoms with Crippen molar-refractivity contribution in [3.63, 3.8) is 0 Å². The van der Waals surface area contributed by atoms with Crippen LogP contribution in [-0.4, -0.2) is 21.2 Å². The lowest BCUT2D eigenvalue weighted by Crippen LogP contribution is -2.19. The van der Waals surface area contributed by atoms with E-state index in [2.05, 4.69) is 4.98 Å². The number of hydrogen-bond donors (Lipinski definition) is 2. The zero-order chi connectivity index (χ0) is 12.0. The number of fused-ring (bicyclic) bond motifs is 1. The molecule has 1 aromatic carbocycles. The zero-order valence-corrected chi connectivity index (χ0v) is 9.05. The fraction of sp³-hybridized carbons (Fsp3) is 0.231. The summed E-state index contributed by atoms with van der Waals surface area (Å²) >= 11 is 0. The van der Waals surface area contributed by atoms with Gasteiger partial charge in [-0.25, -0.2) is 0 Å². The Morgan fingerprint density at radius 1 is 1.29 bits per heavy atom.